The van der Waals surface area contributed by atoms with Crippen LogP contribution >= 0.6 is 0 Å². The fraction of sp³-hybridized carbons (Fsp3) is 0.682. The van der Waals surface area contributed by atoms with E-state index in [1.54, 1.807) is 0 Å². The molecule has 3 amide bonds. The van der Waals surface area contributed by atoms with Crippen molar-refractivity contribution >= 4 is 11.9 Å². The fourth-order valence-corrected chi connectivity index (χ4v) is 6.38. The molecule has 4 aliphatic carbocycles. The van der Waals surface area contributed by atoms with Gasteiger partial charge in [-0.05, 0) is 74.7 Å². The van der Waals surface area contributed by atoms with Gasteiger partial charge in [-0.1, -0.05) is 13.8 Å². The number of hydrogen-bond donors (Lipinski definition) is 2. The molecule has 8 nitrogen and oxygen atoms in total. The number of hydrogen-bond acceptors (Lipinski definition) is 5. The molecule has 1 aromatic heterocycles. The summed E-state index contributed by atoms with van der Waals surface area (Å²) in [6, 6.07) is 1.44. The number of aromatic nitrogens is 2. The summed E-state index contributed by atoms with van der Waals surface area (Å²) in [6.45, 7) is 3.36. The monoisotopic (exact) mass is 411 g/mol. The number of aryl methyl sites for hydroxylation is 1. The number of nitrogens with one attached hydrogen (secondary N) is 2. The van der Waals surface area contributed by atoms with E-state index in [0.29, 0.717) is 41.9 Å². The molecular formula is C22H29N5O3. The van der Waals surface area contributed by atoms with Crippen molar-refractivity contribution in [3.8, 4) is 6.07 Å². The molecule has 0 atom stereocenters. The summed E-state index contributed by atoms with van der Waals surface area (Å²) in [5.41, 5.74) is 0.486. The lowest BCUT2D eigenvalue weighted by Crippen LogP contribution is -2.62. The predicted molar refractivity (Wildman–Crippen MR) is 110 cm³/mol. The van der Waals surface area contributed by atoms with Crippen molar-refractivity contribution in [1.29, 1.82) is 5.26 Å². The molecule has 5 rings (SSSR count). The highest BCUT2D eigenvalue weighted by Crippen LogP contribution is 2.55. The Morgan fingerprint density at radius 1 is 1.13 bits per heavy atom. The van der Waals surface area contributed by atoms with Crippen molar-refractivity contribution in [1.82, 2.24) is 20.4 Å². The van der Waals surface area contributed by atoms with Gasteiger partial charge in [0.05, 0.1) is 5.69 Å². The lowest BCUT2D eigenvalue weighted by molar-refractivity contribution is -0.120. The van der Waals surface area contributed by atoms with Crippen LogP contribution in [0.2, 0.25) is 0 Å². The minimum absolute atomic E-state index is 0.0233. The van der Waals surface area contributed by atoms with Crippen LogP contribution in [-0.2, 0) is 24.2 Å². The third-order valence-electron chi connectivity index (χ3n) is 7.10. The van der Waals surface area contributed by atoms with E-state index >= 15 is 0 Å². The predicted octanol–water partition coefficient (Wildman–Crippen LogP) is 2.03. The summed E-state index contributed by atoms with van der Waals surface area (Å²) < 4.78 is 0.990. The molecule has 0 aromatic carbocycles. The molecule has 2 N–H and O–H groups in total. The van der Waals surface area contributed by atoms with Crippen molar-refractivity contribution in [2.24, 2.45) is 17.8 Å². The van der Waals surface area contributed by atoms with Crippen LogP contribution in [-0.4, -0.2) is 27.3 Å². The molecule has 160 valence electrons. The normalized spacial score (nSPS) is 28.8. The Labute approximate surface area is 176 Å². The van der Waals surface area contributed by atoms with Crippen LogP contribution in [0.1, 0.15) is 69.2 Å². The Bertz CT molecular complexity index is 939. The average molecular weight is 412 g/mol. The van der Waals surface area contributed by atoms with Gasteiger partial charge in [-0.25, -0.2) is 9.48 Å². The topological polar surface area (TPSA) is 117 Å². The highest BCUT2D eigenvalue weighted by Gasteiger charge is 2.51. The fourth-order valence-electron chi connectivity index (χ4n) is 6.38. The van der Waals surface area contributed by atoms with Gasteiger partial charge < -0.3 is 5.32 Å². The van der Waals surface area contributed by atoms with Crippen molar-refractivity contribution in [3.63, 3.8) is 0 Å². The summed E-state index contributed by atoms with van der Waals surface area (Å²) >= 11 is 0. The van der Waals surface area contributed by atoms with Crippen molar-refractivity contribution in [2.45, 2.75) is 77.3 Å². The maximum absolute atomic E-state index is 12.6. The number of carbonyl (C=O) groups excluding carboxylic acids is 2. The number of urea groups is 1. The first kappa shape index (κ1) is 20.6. The second-order valence-corrected chi connectivity index (χ2v) is 9.28. The van der Waals surface area contributed by atoms with Gasteiger partial charge in [0.25, 0.3) is 5.56 Å². The highest BCUT2D eigenvalue weighted by atomic mass is 16.2. The van der Waals surface area contributed by atoms with E-state index in [2.05, 4.69) is 15.7 Å². The van der Waals surface area contributed by atoms with Crippen LogP contribution in [0.25, 0.3) is 0 Å². The maximum atomic E-state index is 12.6. The molecule has 1 heterocycles. The smallest absolute Gasteiger partial charge is 0.321 e. The van der Waals surface area contributed by atoms with Crippen LogP contribution < -0.4 is 16.2 Å². The minimum Gasteiger partial charge on any atom is -0.332 e. The van der Waals surface area contributed by atoms with Crippen molar-refractivity contribution < 1.29 is 9.59 Å². The van der Waals surface area contributed by atoms with Gasteiger partial charge in [0.15, 0.2) is 0 Å². The molecule has 0 radical (unpaired) electrons. The molecule has 4 bridgehead atoms. The molecule has 4 saturated carbocycles. The quantitative estimate of drug-likeness (QED) is 0.769. The second kappa shape index (κ2) is 7.86. The lowest BCUT2D eigenvalue weighted by atomic mass is 9.53. The van der Waals surface area contributed by atoms with Crippen LogP contribution in [0.3, 0.4) is 0 Å². The Kier molecular flexibility index (Phi) is 5.39. The summed E-state index contributed by atoms with van der Waals surface area (Å²) in [7, 11) is 0. The van der Waals surface area contributed by atoms with Gasteiger partial charge in [-0.15, -0.1) is 0 Å². The van der Waals surface area contributed by atoms with Crippen molar-refractivity contribution in [2.75, 3.05) is 0 Å². The molecule has 0 aliphatic heterocycles. The Morgan fingerprint density at radius 3 is 2.23 bits per heavy atom. The highest BCUT2D eigenvalue weighted by molar-refractivity contribution is 5.94. The van der Waals surface area contributed by atoms with Gasteiger partial charge in [0.2, 0.25) is 5.91 Å². The van der Waals surface area contributed by atoms with Crippen LogP contribution in [0.5, 0.6) is 0 Å². The van der Waals surface area contributed by atoms with Crippen LogP contribution in [0, 0.1) is 29.1 Å². The molecule has 30 heavy (non-hydrogen) atoms. The number of rotatable bonds is 5. The van der Waals surface area contributed by atoms with E-state index in [0.717, 1.165) is 23.9 Å². The molecule has 0 saturated heterocycles. The van der Waals surface area contributed by atoms with Gasteiger partial charge in [-0.3, -0.25) is 14.9 Å². The number of nitriles is 1. The number of imide groups is 1. The van der Waals surface area contributed by atoms with Gasteiger partial charge in [0, 0.05) is 5.54 Å². The zero-order chi connectivity index (χ0) is 21.5. The van der Waals surface area contributed by atoms with E-state index in [-0.39, 0.29) is 11.1 Å². The van der Waals surface area contributed by atoms with Crippen LogP contribution in [0.4, 0.5) is 4.79 Å². The standard InChI is InChI=1S/C22H29N5O3/c1-3-16-17(11-23)20(29)27(26-18(16)4-2)12-19(28)24-21(30)25-22-8-13-5-14(9-22)7-15(6-13)10-22/h13-15H,3-10,12H2,1-2H3,(H2,24,25,28,30). The van der Waals surface area contributed by atoms with Crippen molar-refractivity contribution in [3.05, 3.63) is 27.2 Å². The molecule has 1 aromatic rings. The van der Waals surface area contributed by atoms with E-state index in [1.807, 2.05) is 19.9 Å². The Morgan fingerprint density at radius 2 is 1.73 bits per heavy atom. The molecule has 0 unspecified atom stereocenters. The minimum atomic E-state index is -0.609. The van der Waals surface area contributed by atoms with Crippen LogP contribution in [0.15, 0.2) is 4.79 Å². The largest absolute Gasteiger partial charge is 0.332 e. The average Bonchev–Trinajstić information content (AvgIpc) is 2.67. The number of amides is 3. The summed E-state index contributed by atoms with van der Waals surface area (Å²) in [5.74, 6) is 1.44. The molecule has 4 fully saturated rings. The summed E-state index contributed by atoms with van der Waals surface area (Å²) in [6.07, 6.45) is 7.85. The lowest BCUT2D eigenvalue weighted by Gasteiger charge is -2.56. The number of carbonyl (C=O) groups is 2. The van der Waals surface area contributed by atoms with Gasteiger partial charge in [0.1, 0.15) is 18.2 Å². The first-order chi connectivity index (χ1) is 14.4. The molecular weight excluding hydrogens is 382 g/mol. The molecule has 0 spiro atoms. The third kappa shape index (κ3) is 3.73. The van der Waals surface area contributed by atoms with Gasteiger partial charge >= 0.3 is 6.03 Å². The summed E-state index contributed by atoms with van der Waals surface area (Å²) in [5, 5.41) is 19.1. The first-order valence-electron chi connectivity index (χ1n) is 11.0. The zero-order valence-electron chi connectivity index (χ0n) is 17.7. The third-order valence-corrected chi connectivity index (χ3v) is 7.10. The summed E-state index contributed by atoms with van der Waals surface area (Å²) in [4.78, 5) is 37.6. The van der Waals surface area contributed by atoms with E-state index < -0.39 is 24.0 Å². The van der Waals surface area contributed by atoms with E-state index in [9.17, 15) is 19.6 Å². The van der Waals surface area contributed by atoms with E-state index in [4.69, 9.17) is 0 Å². The Balaban J connectivity index is 1.43. The first-order valence-corrected chi connectivity index (χ1v) is 11.0. The zero-order valence-corrected chi connectivity index (χ0v) is 17.7. The van der Waals surface area contributed by atoms with Gasteiger partial charge in [-0.2, -0.15) is 10.4 Å². The SMILES string of the molecule is CCc1nn(CC(=O)NC(=O)NC23CC4CC(CC(C4)C2)C3)c(=O)c(C#N)c1CC. The molecule has 8 heteroatoms. The maximum Gasteiger partial charge on any atom is 0.321 e. The molecule has 4 aliphatic rings. The second-order valence-electron chi connectivity index (χ2n) is 9.28. The van der Waals surface area contributed by atoms with E-state index in [1.165, 1.54) is 19.3 Å². The number of nitrogens with zero attached hydrogens (tertiary/aromatic N) is 3. The Hall–Kier alpha value is -2.69.